The van der Waals surface area contributed by atoms with E-state index in [9.17, 15) is 4.79 Å². The molecule has 2 N–H and O–H groups in total. The molecule has 1 aliphatic heterocycles. The Morgan fingerprint density at radius 2 is 1.93 bits per heavy atom. The summed E-state index contributed by atoms with van der Waals surface area (Å²) < 4.78 is 0.985. The lowest BCUT2D eigenvalue weighted by molar-refractivity contribution is 0.580. The molecule has 6 nitrogen and oxygen atoms in total. The predicted octanol–water partition coefficient (Wildman–Crippen LogP) is 3.15. The maximum absolute atomic E-state index is 11.6. The molecule has 3 aromatic heterocycles. The number of piperazine rings is 1. The molecule has 1 fully saturated rings. The van der Waals surface area contributed by atoms with Crippen LogP contribution >= 0.6 is 24.0 Å². The van der Waals surface area contributed by atoms with Crippen LogP contribution in [0, 0.1) is 6.92 Å². The lowest BCUT2D eigenvalue weighted by Gasteiger charge is -2.26. The topological polar surface area (TPSA) is 73.9 Å². The van der Waals surface area contributed by atoms with Crippen LogP contribution in [-0.2, 0) is 6.42 Å². The number of thiol groups is 1. The van der Waals surface area contributed by atoms with Gasteiger partial charge in [0.15, 0.2) is 0 Å². The molecule has 0 unspecified atom stereocenters. The highest BCUT2D eigenvalue weighted by Crippen LogP contribution is 2.31. The Bertz CT molecular complexity index is 949. The molecule has 1 aliphatic rings. The second-order valence-corrected chi connectivity index (χ2v) is 8.31. The number of hydrogen-bond acceptors (Lipinski definition) is 7. The summed E-state index contributed by atoms with van der Waals surface area (Å²) in [6, 6.07) is 7.82. The number of pyridine rings is 1. The zero-order valence-corrected chi connectivity index (χ0v) is 17.8. The van der Waals surface area contributed by atoms with E-state index < -0.39 is 0 Å². The number of aryl methyl sites for hydroxylation is 2. The Kier molecular flexibility index (Phi) is 7.24. The van der Waals surface area contributed by atoms with Gasteiger partial charge in [0, 0.05) is 60.3 Å². The number of H-pyrrole nitrogens is 1. The molecular formula is C20H25N5OS2. The molecule has 0 aromatic carbocycles. The SMILES string of the molecule is CCc1cc(-c2ccc(S)s2)c(C)[nH]c1=O.c1cnc(N2CCNCC2)nc1. The molecule has 0 radical (unpaired) electrons. The number of nitrogens with zero attached hydrogens (tertiary/aromatic N) is 3. The van der Waals surface area contributed by atoms with Gasteiger partial charge in [-0.15, -0.1) is 24.0 Å². The molecule has 28 heavy (non-hydrogen) atoms. The summed E-state index contributed by atoms with van der Waals surface area (Å²) in [7, 11) is 0. The van der Waals surface area contributed by atoms with Crippen LogP contribution in [0.3, 0.4) is 0 Å². The number of aromatic nitrogens is 3. The van der Waals surface area contributed by atoms with E-state index in [0.29, 0.717) is 0 Å². The molecule has 0 atom stereocenters. The quantitative estimate of drug-likeness (QED) is 0.573. The van der Waals surface area contributed by atoms with E-state index in [1.165, 1.54) is 0 Å². The van der Waals surface area contributed by atoms with Gasteiger partial charge < -0.3 is 15.2 Å². The van der Waals surface area contributed by atoms with Crippen molar-refractivity contribution in [2.75, 3.05) is 31.1 Å². The van der Waals surface area contributed by atoms with Gasteiger partial charge >= 0.3 is 0 Å². The molecule has 3 aromatic rings. The highest BCUT2D eigenvalue weighted by atomic mass is 32.2. The number of thiophene rings is 1. The van der Waals surface area contributed by atoms with Gasteiger partial charge in [-0.3, -0.25) is 4.79 Å². The maximum Gasteiger partial charge on any atom is 0.251 e. The van der Waals surface area contributed by atoms with E-state index in [0.717, 1.165) is 64.5 Å². The summed E-state index contributed by atoms with van der Waals surface area (Å²) in [5, 5.41) is 3.29. The zero-order chi connectivity index (χ0) is 19.9. The fraction of sp³-hybridized carbons (Fsp3) is 0.350. The molecule has 0 bridgehead atoms. The van der Waals surface area contributed by atoms with Crippen LogP contribution in [0.4, 0.5) is 5.95 Å². The van der Waals surface area contributed by atoms with Gasteiger partial charge in [0.05, 0.1) is 4.21 Å². The minimum absolute atomic E-state index is 0.0198. The highest BCUT2D eigenvalue weighted by molar-refractivity contribution is 7.83. The van der Waals surface area contributed by atoms with Crippen LogP contribution in [-0.4, -0.2) is 41.1 Å². The zero-order valence-electron chi connectivity index (χ0n) is 16.1. The number of nitrogens with one attached hydrogen (secondary N) is 2. The molecule has 148 valence electrons. The Morgan fingerprint density at radius 1 is 1.21 bits per heavy atom. The molecule has 0 spiro atoms. The van der Waals surface area contributed by atoms with Gasteiger partial charge in [-0.05, 0) is 37.6 Å². The summed E-state index contributed by atoms with van der Waals surface area (Å²) in [5.41, 5.74) is 2.86. The van der Waals surface area contributed by atoms with Crippen LogP contribution in [0.15, 0.2) is 45.7 Å². The molecule has 8 heteroatoms. The Labute approximate surface area is 174 Å². The maximum atomic E-state index is 11.6. The third kappa shape index (κ3) is 5.21. The van der Waals surface area contributed by atoms with Crippen molar-refractivity contribution in [3.8, 4) is 10.4 Å². The third-order valence-corrected chi connectivity index (χ3v) is 5.85. The number of aromatic amines is 1. The van der Waals surface area contributed by atoms with Crippen molar-refractivity contribution in [1.29, 1.82) is 0 Å². The lowest BCUT2D eigenvalue weighted by Crippen LogP contribution is -2.44. The first-order chi connectivity index (χ1) is 13.6. The van der Waals surface area contributed by atoms with Gasteiger partial charge in [-0.1, -0.05) is 6.92 Å². The average molecular weight is 416 g/mol. The molecule has 0 aliphatic carbocycles. The largest absolute Gasteiger partial charge is 0.338 e. The Hall–Kier alpha value is -2.16. The molecule has 4 rings (SSSR count). The molecule has 4 heterocycles. The molecule has 0 amide bonds. The van der Waals surface area contributed by atoms with E-state index in [1.54, 1.807) is 23.7 Å². The fourth-order valence-electron chi connectivity index (χ4n) is 2.98. The summed E-state index contributed by atoms with van der Waals surface area (Å²) in [4.78, 5) is 26.2. The van der Waals surface area contributed by atoms with Crippen molar-refractivity contribution in [2.24, 2.45) is 0 Å². The summed E-state index contributed by atoms with van der Waals surface area (Å²) in [5.74, 6) is 0.846. The minimum Gasteiger partial charge on any atom is -0.338 e. The standard InChI is InChI=1S/C12H13NOS2.C8H12N4/c1-3-8-6-9(7(2)13-12(8)14)10-4-5-11(15)16-10;1-2-10-8(11-3-1)12-6-4-9-5-7-12/h4-6,15H,3H2,1-2H3,(H,13,14);1-3,9H,4-7H2. The van der Waals surface area contributed by atoms with Crippen LogP contribution < -0.4 is 15.8 Å². The first-order valence-electron chi connectivity index (χ1n) is 9.33. The van der Waals surface area contributed by atoms with E-state index in [2.05, 4.69) is 37.8 Å². The highest BCUT2D eigenvalue weighted by Gasteiger charge is 2.11. The van der Waals surface area contributed by atoms with Gasteiger partial charge in [-0.2, -0.15) is 0 Å². The minimum atomic E-state index is 0.0198. The monoisotopic (exact) mass is 415 g/mol. The average Bonchev–Trinajstić information content (AvgIpc) is 3.16. The second kappa shape index (κ2) is 9.86. The second-order valence-electron chi connectivity index (χ2n) is 6.44. The van der Waals surface area contributed by atoms with Crippen molar-refractivity contribution in [1.82, 2.24) is 20.3 Å². The van der Waals surface area contributed by atoms with Crippen LogP contribution in [0.2, 0.25) is 0 Å². The first kappa shape index (κ1) is 20.6. The van der Waals surface area contributed by atoms with Crippen LogP contribution in [0.1, 0.15) is 18.2 Å². The summed E-state index contributed by atoms with van der Waals surface area (Å²) >= 11 is 5.93. The fourth-order valence-corrected chi connectivity index (χ4v) is 4.17. The Morgan fingerprint density at radius 3 is 2.54 bits per heavy atom. The summed E-state index contributed by atoms with van der Waals surface area (Å²) in [6.45, 7) is 7.97. The lowest BCUT2D eigenvalue weighted by atomic mass is 10.1. The van der Waals surface area contributed by atoms with Crippen molar-refractivity contribution in [3.05, 3.63) is 58.3 Å². The third-order valence-electron chi connectivity index (χ3n) is 4.51. The number of rotatable bonds is 3. The number of anilines is 1. The van der Waals surface area contributed by atoms with Gasteiger partial charge in [0.25, 0.3) is 5.56 Å². The van der Waals surface area contributed by atoms with E-state index >= 15 is 0 Å². The molecular weight excluding hydrogens is 390 g/mol. The number of hydrogen-bond donors (Lipinski definition) is 3. The van der Waals surface area contributed by atoms with Crippen molar-refractivity contribution < 1.29 is 0 Å². The van der Waals surface area contributed by atoms with Crippen LogP contribution in [0.25, 0.3) is 10.4 Å². The van der Waals surface area contributed by atoms with Gasteiger partial charge in [0.1, 0.15) is 0 Å². The smallest absolute Gasteiger partial charge is 0.251 e. The van der Waals surface area contributed by atoms with E-state index in [4.69, 9.17) is 0 Å². The van der Waals surface area contributed by atoms with E-state index in [1.807, 2.05) is 38.1 Å². The van der Waals surface area contributed by atoms with Gasteiger partial charge in [0.2, 0.25) is 5.95 Å². The van der Waals surface area contributed by atoms with Crippen molar-refractivity contribution in [2.45, 2.75) is 24.5 Å². The molecule has 1 saturated heterocycles. The van der Waals surface area contributed by atoms with E-state index in [-0.39, 0.29) is 5.56 Å². The normalized spacial score (nSPS) is 13.8. The summed E-state index contributed by atoms with van der Waals surface area (Å²) in [6.07, 6.45) is 4.32. The van der Waals surface area contributed by atoms with Gasteiger partial charge in [-0.25, -0.2) is 9.97 Å². The predicted molar refractivity (Wildman–Crippen MR) is 119 cm³/mol. The Balaban J connectivity index is 0.000000167. The van der Waals surface area contributed by atoms with Crippen molar-refractivity contribution >= 4 is 29.9 Å². The van der Waals surface area contributed by atoms with Crippen molar-refractivity contribution in [3.63, 3.8) is 0 Å². The first-order valence-corrected chi connectivity index (χ1v) is 10.6. The van der Waals surface area contributed by atoms with Crippen LogP contribution in [0.5, 0.6) is 0 Å². The molecule has 0 saturated carbocycles.